The number of carbonyl (C=O) groups excluding carboxylic acids is 1. The van der Waals surface area contributed by atoms with Crippen molar-refractivity contribution < 1.29 is 13.2 Å². The fraction of sp³-hybridized carbons (Fsp3) is 0.136. The maximum absolute atomic E-state index is 13.3. The Morgan fingerprint density at radius 2 is 1.60 bits per heavy atom. The number of carbonyl (C=O) groups is 1. The van der Waals surface area contributed by atoms with Crippen molar-refractivity contribution >= 4 is 45.0 Å². The quantitative estimate of drug-likeness (QED) is 0.486. The molecule has 8 heteroatoms. The second kappa shape index (κ2) is 10.1. The standard InChI is InChI=1S/C22H21ClN2O3S2/c1-29-21-10-6-5-9-20(21)24-22(26)16-25(15-17-7-3-2-4-8-17)30(27,28)19-13-11-18(23)12-14-19/h2-14H,15-16H2,1H3,(H,24,26). The average molecular weight is 461 g/mol. The van der Waals surface area contributed by atoms with Crippen molar-refractivity contribution in [1.82, 2.24) is 4.31 Å². The van der Waals surface area contributed by atoms with Gasteiger partial charge in [-0.05, 0) is 48.2 Å². The van der Waals surface area contributed by atoms with Crippen molar-refractivity contribution in [3.63, 3.8) is 0 Å². The zero-order chi connectivity index (χ0) is 21.6. The largest absolute Gasteiger partial charge is 0.324 e. The Hall–Kier alpha value is -2.32. The number of hydrogen-bond acceptors (Lipinski definition) is 4. The van der Waals surface area contributed by atoms with Crippen molar-refractivity contribution in [1.29, 1.82) is 0 Å². The van der Waals surface area contributed by atoms with E-state index in [1.54, 1.807) is 6.07 Å². The van der Waals surface area contributed by atoms with Gasteiger partial charge >= 0.3 is 0 Å². The van der Waals surface area contributed by atoms with Crippen molar-refractivity contribution in [3.05, 3.63) is 89.4 Å². The lowest BCUT2D eigenvalue weighted by Crippen LogP contribution is -2.37. The highest BCUT2D eigenvalue weighted by Crippen LogP contribution is 2.25. The van der Waals surface area contributed by atoms with Gasteiger partial charge in [-0.1, -0.05) is 54.1 Å². The van der Waals surface area contributed by atoms with Gasteiger partial charge in [0.1, 0.15) is 0 Å². The van der Waals surface area contributed by atoms with Gasteiger partial charge in [-0.15, -0.1) is 11.8 Å². The molecule has 0 heterocycles. The molecule has 3 rings (SSSR count). The predicted octanol–water partition coefficient (Wildman–Crippen LogP) is 4.89. The molecule has 0 saturated heterocycles. The van der Waals surface area contributed by atoms with Crippen LogP contribution in [0, 0.1) is 0 Å². The average Bonchev–Trinajstić information content (AvgIpc) is 2.74. The van der Waals surface area contributed by atoms with Crippen molar-refractivity contribution in [2.24, 2.45) is 0 Å². The molecule has 0 unspecified atom stereocenters. The molecule has 0 bridgehead atoms. The number of nitrogens with zero attached hydrogens (tertiary/aromatic N) is 1. The van der Waals surface area contributed by atoms with E-state index in [9.17, 15) is 13.2 Å². The summed E-state index contributed by atoms with van der Waals surface area (Å²) in [7, 11) is -3.91. The topological polar surface area (TPSA) is 66.5 Å². The van der Waals surface area contributed by atoms with Crippen LogP contribution in [0.1, 0.15) is 5.56 Å². The molecule has 5 nitrogen and oxygen atoms in total. The van der Waals surface area contributed by atoms with Crippen molar-refractivity contribution in [2.45, 2.75) is 16.3 Å². The molecule has 30 heavy (non-hydrogen) atoms. The second-order valence-corrected chi connectivity index (χ2v) is 9.68. The van der Waals surface area contributed by atoms with Crippen LogP contribution in [0.2, 0.25) is 5.02 Å². The highest BCUT2D eigenvalue weighted by Gasteiger charge is 2.27. The van der Waals surface area contributed by atoms with Gasteiger partial charge in [-0.25, -0.2) is 8.42 Å². The first-order chi connectivity index (χ1) is 14.4. The van der Waals surface area contributed by atoms with E-state index in [4.69, 9.17) is 11.6 Å². The minimum atomic E-state index is -3.91. The number of para-hydroxylation sites is 1. The third-order valence-electron chi connectivity index (χ3n) is 4.35. The SMILES string of the molecule is CSc1ccccc1NC(=O)CN(Cc1ccccc1)S(=O)(=O)c1ccc(Cl)cc1. The molecule has 0 atom stereocenters. The normalized spacial score (nSPS) is 11.4. The number of anilines is 1. The van der Waals surface area contributed by atoms with Gasteiger partial charge in [-0.3, -0.25) is 4.79 Å². The molecular weight excluding hydrogens is 440 g/mol. The highest BCUT2D eigenvalue weighted by atomic mass is 35.5. The summed E-state index contributed by atoms with van der Waals surface area (Å²) >= 11 is 7.40. The fourth-order valence-electron chi connectivity index (χ4n) is 2.87. The molecule has 3 aromatic rings. The Labute approximate surface area is 186 Å². The number of hydrogen-bond donors (Lipinski definition) is 1. The first-order valence-electron chi connectivity index (χ1n) is 9.12. The van der Waals surface area contributed by atoms with Gasteiger partial charge < -0.3 is 5.32 Å². The maximum atomic E-state index is 13.3. The Bertz CT molecular complexity index is 1100. The number of benzene rings is 3. The summed E-state index contributed by atoms with van der Waals surface area (Å²) < 4.78 is 27.7. The highest BCUT2D eigenvalue weighted by molar-refractivity contribution is 7.98. The van der Waals surface area contributed by atoms with Crippen LogP contribution in [0.3, 0.4) is 0 Å². The third kappa shape index (κ3) is 5.64. The van der Waals surface area contributed by atoms with Crippen LogP contribution in [-0.2, 0) is 21.4 Å². The van der Waals surface area contributed by atoms with Crippen LogP contribution in [0.4, 0.5) is 5.69 Å². The molecule has 0 spiro atoms. The van der Waals surface area contributed by atoms with Gasteiger partial charge in [0.25, 0.3) is 0 Å². The van der Waals surface area contributed by atoms with Crippen LogP contribution in [0.25, 0.3) is 0 Å². The predicted molar refractivity (Wildman–Crippen MR) is 122 cm³/mol. The van der Waals surface area contributed by atoms with E-state index in [1.165, 1.54) is 40.3 Å². The Balaban J connectivity index is 1.87. The van der Waals surface area contributed by atoms with E-state index < -0.39 is 15.9 Å². The lowest BCUT2D eigenvalue weighted by molar-refractivity contribution is -0.116. The van der Waals surface area contributed by atoms with E-state index in [0.29, 0.717) is 10.7 Å². The summed E-state index contributed by atoms with van der Waals surface area (Å²) in [6.45, 7) is -0.244. The summed E-state index contributed by atoms with van der Waals surface area (Å²) in [5.74, 6) is -0.412. The number of rotatable bonds is 8. The van der Waals surface area contributed by atoms with E-state index in [1.807, 2.05) is 54.8 Å². The lowest BCUT2D eigenvalue weighted by atomic mass is 10.2. The monoisotopic (exact) mass is 460 g/mol. The van der Waals surface area contributed by atoms with E-state index >= 15 is 0 Å². The molecular formula is C22H21ClN2O3S2. The third-order valence-corrected chi connectivity index (χ3v) is 7.21. The summed E-state index contributed by atoms with van der Waals surface area (Å²) in [5.41, 5.74) is 1.44. The van der Waals surface area contributed by atoms with Crippen LogP contribution < -0.4 is 5.32 Å². The van der Waals surface area contributed by atoms with Crippen LogP contribution in [0.15, 0.2) is 88.7 Å². The molecule has 156 valence electrons. The van der Waals surface area contributed by atoms with Gasteiger partial charge in [0.2, 0.25) is 15.9 Å². The smallest absolute Gasteiger partial charge is 0.243 e. The number of halogens is 1. The Morgan fingerprint density at radius 3 is 2.27 bits per heavy atom. The molecule has 0 saturated carbocycles. The van der Waals surface area contributed by atoms with E-state index in [-0.39, 0.29) is 18.0 Å². The maximum Gasteiger partial charge on any atom is 0.243 e. The molecule has 0 aromatic heterocycles. The lowest BCUT2D eigenvalue weighted by Gasteiger charge is -2.22. The summed E-state index contributed by atoms with van der Waals surface area (Å²) in [6, 6.07) is 22.5. The summed E-state index contributed by atoms with van der Waals surface area (Å²) in [5, 5.41) is 3.26. The molecule has 0 aliphatic rings. The van der Waals surface area contributed by atoms with Gasteiger partial charge in [0.05, 0.1) is 17.1 Å². The first-order valence-corrected chi connectivity index (χ1v) is 12.2. The van der Waals surface area contributed by atoms with Gasteiger partial charge in [0.15, 0.2) is 0 Å². The first kappa shape index (κ1) is 22.4. The zero-order valence-electron chi connectivity index (χ0n) is 16.3. The summed E-state index contributed by atoms with van der Waals surface area (Å²) in [6.07, 6.45) is 1.91. The van der Waals surface area contributed by atoms with Crippen molar-refractivity contribution in [3.8, 4) is 0 Å². The Morgan fingerprint density at radius 1 is 0.967 bits per heavy atom. The number of sulfonamides is 1. The van der Waals surface area contributed by atoms with Crippen LogP contribution in [0.5, 0.6) is 0 Å². The van der Waals surface area contributed by atoms with E-state index in [2.05, 4.69) is 5.32 Å². The molecule has 0 aliphatic carbocycles. The van der Waals surface area contributed by atoms with Crippen LogP contribution in [-0.4, -0.2) is 31.4 Å². The number of amides is 1. The van der Waals surface area contributed by atoms with Gasteiger partial charge in [0, 0.05) is 16.5 Å². The molecule has 1 amide bonds. The molecule has 0 radical (unpaired) electrons. The molecule has 0 fully saturated rings. The number of thioether (sulfide) groups is 1. The van der Waals surface area contributed by atoms with Crippen LogP contribution >= 0.6 is 23.4 Å². The zero-order valence-corrected chi connectivity index (χ0v) is 18.7. The van der Waals surface area contributed by atoms with Crippen molar-refractivity contribution in [2.75, 3.05) is 18.1 Å². The minimum absolute atomic E-state index is 0.0728. The number of nitrogens with one attached hydrogen (secondary N) is 1. The summed E-state index contributed by atoms with van der Waals surface area (Å²) in [4.78, 5) is 13.8. The second-order valence-electron chi connectivity index (χ2n) is 6.46. The van der Waals surface area contributed by atoms with E-state index in [0.717, 1.165) is 10.5 Å². The molecule has 0 aliphatic heterocycles. The van der Waals surface area contributed by atoms with Gasteiger partial charge in [-0.2, -0.15) is 4.31 Å². The fourth-order valence-corrected chi connectivity index (χ4v) is 4.93. The Kier molecular flexibility index (Phi) is 7.55. The molecule has 1 N–H and O–H groups in total. The minimum Gasteiger partial charge on any atom is -0.324 e. The molecule has 3 aromatic carbocycles.